The lowest BCUT2D eigenvalue weighted by Crippen LogP contribution is -1.96. The Labute approximate surface area is 70.3 Å². The van der Waals surface area contributed by atoms with Crippen LogP contribution < -0.4 is 0 Å². The van der Waals surface area contributed by atoms with E-state index >= 15 is 0 Å². The normalized spacial score (nSPS) is 11.2. The molecule has 2 heterocycles. The highest BCUT2D eigenvalue weighted by Crippen LogP contribution is 2.11. The summed E-state index contributed by atoms with van der Waals surface area (Å²) in [7, 11) is 0. The fourth-order valence-electron chi connectivity index (χ4n) is 1.17. The van der Waals surface area contributed by atoms with Crippen molar-refractivity contribution in [2.75, 3.05) is 0 Å². The van der Waals surface area contributed by atoms with Gasteiger partial charge in [-0.1, -0.05) is 13.8 Å². The Morgan fingerprint density at radius 2 is 2.17 bits per heavy atom. The topological polar surface area (TPSA) is 43.1 Å². The molecule has 0 saturated carbocycles. The smallest absolute Gasteiger partial charge is 0.179 e. The minimum absolute atomic E-state index is 0.391. The van der Waals surface area contributed by atoms with Crippen molar-refractivity contribution < 1.29 is 0 Å². The van der Waals surface area contributed by atoms with Crippen molar-refractivity contribution in [3.05, 3.63) is 24.4 Å². The minimum atomic E-state index is 0.391. The van der Waals surface area contributed by atoms with Crippen molar-refractivity contribution in [1.29, 1.82) is 0 Å². The summed E-state index contributed by atoms with van der Waals surface area (Å²) in [4.78, 5) is 3.96. The van der Waals surface area contributed by atoms with Gasteiger partial charge >= 0.3 is 0 Å². The average molecular weight is 162 g/mol. The van der Waals surface area contributed by atoms with Gasteiger partial charge in [0.2, 0.25) is 0 Å². The van der Waals surface area contributed by atoms with Crippen LogP contribution in [-0.4, -0.2) is 19.6 Å². The fourth-order valence-corrected chi connectivity index (χ4v) is 1.17. The van der Waals surface area contributed by atoms with Crippen molar-refractivity contribution in [1.82, 2.24) is 19.6 Å². The number of aromatic nitrogens is 4. The molecular formula is C8H10N4. The van der Waals surface area contributed by atoms with E-state index < -0.39 is 0 Å². The molecule has 0 aliphatic rings. The van der Waals surface area contributed by atoms with Gasteiger partial charge in [-0.3, -0.25) is 9.38 Å². The SMILES string of the molecule is CC(C)c1nnc2cnccn12. The van der Waals surface area contributed by atoms with Gasteiger partial charge in [0.25, 0.3) is 0 Å². The molecule has 12 heavy (non-hydrogen) atoms. The first-order valence-corrected chi connectivity index (χ1v) is 3.93. The lowest BCUT2D eigenvalue weighted by Gasteiger charge is -2.00. The summed E-state index contributed by atoms with van der Waals surface area (Å²) >= 11 is 0. The highest BCUT2D eigenvalue weighted by atomic mass is 15.3. The first-order chi connectivity index (χ1) is 5.79. The molecule has 0 aromatic carbocycles. The van der Waals surface area contributed by atoms with E-state index in [2.05, 4.69) is 29.0 Å². The Bertz CT molecular complexity index is 391. The molecule has 0 atom stereocenters. The Morgan fingerprint density at radius 1 is 1.33 bits per heavy atom. The van der Waals surface area contributed by atoms with Gasteiger partial charge in [-0.05, 0) is 0 Å². The van der Waals surface area contributed by atoms with E-state index in [1.165, 1.54) is 0 Å². The zero-order valence-electron chi connectivity index (χ0n) is 7.10. The third-order valence-electron chi connectivity index (χ3n) is 1.76. The summed E-state index contributed by atoms with van der Waals surface area (Å²) in [6, 6.07) is 0. The van der Waals surface area contributed by atoms with Crippen LogP contribution in [0.15, 0.2) is 18.6 Å². The van der Waals surface area contributed by atoms with Crippen LogP contribution in [0.1, 0.15) is 25.6 Å². The molecule has 62 valence electrons. The van der Waals surface area contributed by atoms with Crippen LogP contribution in [0.4, 0.5) is 0 Å². The maximum Gasteiger partial charge on any atom is 0.179 e. The molecule has 4 heteroatoms. The van der Waals surface area contributed by atoms with E-state index in [-0.39, 0.29) is 0 Å². The predicted molar refractivity (Wildman–Crippen MR) is 44.9 cm³/mol. The summed E-state index contributed by atoms with van der Waals surface area (Å²) < 4.78 is 1.96. The second kappa shape index (κ2) is 2.55. The summed E-state index contributed by atoms with van der Waals surface area (Å²) in [5.41, 5.74) is 0.807. The van der Waals surface area contributed by atoms with Crippen LogP contribution in [0.5, 0.6) is 0 Å². The van der Waals surface area contributed by atoms with Crippen LogP contribution >= 0.6 is 0 Å². The molecule has 2 aromatic heterocycles. The number of rotatable bonds is 1. The van der Waals surface area contributed by atoms with Gasteiger partial charge in [0.05, 0.1) is 6.20 Å². The molecule has 2 aromatic rings. The molecule has 0 aliphatic carbocycles. The van der Waals surface area contributed by atoms with E-state index in [1.54, 1.807) is 12.4 Å². The molecule has 0 unspecified atom stereocenters. The molecule has 2 rings (SSSR count). The van der Waals surface area contributed by atoms with Crippen molar-refractivity contribution in [3.8, 4) is 0 Å². The number of nitrogens with zero attached hydrogens (tertiary/aromatic N) is 4. The predicted octanol–water partition coefficient (Wildman–Crippen LogP) is 1.25. The van der Waals surface area contributed by atoms with Gasteiger partial charge in [0.1, 0.15) is 5.82 Å². The van der Waals surface area contributed by atoms with E-state index in [4.69, 9.17) is 0 Å². The molecule has 4 nitrogen and oxygen atoms in total. The lowest BCUT2D eigenvalue weighted by molar-refractivity contribution is 0.758. The average Bonchev–Trinajstić information content (AvgIpc) is 2.47. The summed E-state index contributed by atoms with van der Waals surface area (Å²) in [5, 5.41) is 8.06. The van der Waals surface area contributed by atoms with E-state index in [0.29, 0.717) is 5.92 Å². The van der Waals surface area contributed by atoms with Gasteiger partial charge in [0.15, 0.2) is 5.65 Å². The number of fused-ring (bicyclic) bond motifs is 1. The standard InChI is InChI=1S/C8H10N4/c1-6(2)8-11-10-7-5-9-3-4-12(7)8/h3-6H,1-2H3. The van der Waals surface area contributed by atoms with Crippen LogP contribution in [0.3, 0.4) is 0 Å². The first kappa shape index (κ1) is 7.21. The Kier molecular flexibility index (Phi) is 1.53. The third-order valence-corrected chi connectivity index (χ3v) is 1.76. The fraction of sp³-hybridized carbons (Fsp3) is 0.375. The highest BCUT2D eigenvalue weighted by Gasteiger charge is 2.07. The summed E-state index contributed by atoms with van der Waals surface area (Å²) in [5.74, 6) is 1.37. The molecular weight excluding hydrogens is 152 g/mol. The largest absolute Gasteiger partial charge is 0.283 e. The van der Waals surface area contributed by atoms with Gasteiger partial charge in [-0.2, -0.15) is 0 Å². The van der Waals surface area contributed by atoms with Gasteiger partial charge in [-0.25, -0.2) is 0 Å². The van der Waals surface area contributed by atoms with Crippen molar-refractivity contribution >= 4 is 5.65 Å². The molecule has 0 saturated heterocycles. The minimum Gasteiger partial charge on any atom is -0.283 e. The lowest BCUT2D eigenvalue weighted by atomic mass is 10.2. The first-order valence-electron chi connectivity index (χ1n) is 3.93. The van der Waals surface area contributed by atoms with Gasteiger partial charge in [-0.15, -0.1) is 10.2 Å². The zero-order chi connectivity index (χ0) is 8.55. The van der Waals surface area contributed by atoms with Crippen molar-refractivity contribution in [3.63, 3.8) is 0 Å². The monoisotopic (exact) mass is 162 g/mol. The Balaban J connectivity index is 2.70. The molecule has 0 N–H and O–H groups in total. The van der Waals surface area contributed by atoms with Crippen molar-refractivity contribution in [2.24, 2.45) is 0 Å². The number of hydrogen-bond donors (Lipinski definition) is 0. The summed E-state index contributed by atoms with van der Waals surface area (Å²) in [6.45, 7) is 4.19. The zero-order valence-corrected chi connectivity index (χ0v) is 7.10. The van der Waals surface area contributed by atoms with Crippen LogP contribution in [0.2, 0.25) is 0 Å². The Morgan fingerprint density at radius 3 is 2.92 bits per heavy atom. The van der Waals surface area contributed by atoms with Crippen LogP contribution in [-0.2, 0) is 0 Å². The molecule has 0 amide bonds. The van der Waals surface area contributed by atoms with E-state index in [0.717, 1.165) is 11.5 Å². The maximum absolute atomic E-state index is 4.07. The third kappa shape index (κ3) is 0.958. The second-order valence-corrected chi connectivity index (χ2v) is 3.02. The molecule has 0 fully saturated rings. The molecule has 0 bridgehead atoms. The Hall–Kier alpha value is -1.45. The highest BCUT2D eigenvalue weighted by molar-refractivity contribution is 5.34. The quantitative estimate of drug-likeness (QED) is 0.633. The van der Waals surface area contributed by atoms with Crippen LogP contribution in [0, 0.1) is 0 Å². The van der Waals surface area contributed by atoms with Gasteiger partial charge in [0, 0.05) is 18.3 Å². The molecule has 0 aliphatic heterocycles. The van der Waals surface area contributed by atoms with Crippen LogP contribution in [0.25, 0.3) is 5.65 Å². The van der Waals surface area contributed by atoms with Gasteiger partial charge < -0.3 is 0 Å². The van der Waals surface area contributed by atoms with E-state index in [9.17, 15) is 0 Å². The second-order valence-electron chi connectivity index (χ2n) is 3.02. The molecule has 0 spiro atoms. The maximum atomic E-state index is 4.07. The van der Waals surface area contributed by atoms with Crippen molar-refractivity contribution in [2.45, 2.75) is 19.8 Å². The summed E-state index contributed by atoms with van der Waals surface area (Å²) in [6.07, 6.45) is 5.33. The van der Waals surface area contributed by atoms with E-state index in [1.807, 2.05) is 10.6 Å². The molecule has 0 radical (unpaired) electrons. The number of hydrogen-bond acceptors (Lipinski definition) is 3.